The van der Waals surface area contributed by atoms with Crippen LogP contribution in [0.1, 0.15) is 27.2 Å². The molecule has 0 aromatic carbocycles. The fraction of sp³-hybridized carbons (Fsp3) is 0.800. The third kappa shape index (κ3) is 3.51. The van der Waals surface area contributed by atoms with Gasteiger partial charge in [-0.05, 0) is 27.2 Å². The van der Waals surface area contributed by atoms with Crippen molar-refractivity contribution in [1.82, 2.24) is 4.90 Å². The lowest BCUT2D eigenvalue weighted by molar-refractivity contribution is -0.158. The Morgan fingerprint density at radius 1 is 1.60 bits per heavy atom. The lowest BCUT2D eigenvalue weighted by Gasteiger charge is -2.22. The van der Waals surface area contributed by atoms with Gasteiger partial charge in [0.15, 0.2) is 0 Å². The molecule has 15 heavy (non-hydrogen) atoms. The van der Waals surface area contributed by atoms with Crippen LogP contribution >= 0.6 is 0 Å². The first-order valence-electron chi connectivity index (χ1n) is 4.98. The van der Waals surface area contributed by atoms with Crippen LogP contribution in [0.2, 0.25) is 0 Å². The van der Waals surface area contributed by atoms with Gasteiger partial charge in [0, 0.05) is 6.54 Å². The highest BCUT2D eigenvalue weighted by molar-refractivity contribution is 5.86. The minimum absolute atomic E-state index is 0.0762. The average molecular weight is 215 g/mol. The van der Waals surface area contributed by atoms with Crippen LogP contribution in [0.15, 0.2) is 0 Å². The van der Waals surface area contributed by atoms with E-state index in [2.05, 4.69) is 0 Å². The largest absolute Gasteiger partial charge is 0.459 e. The van der Waals surface area contributed by atoms with Gasteiger partial charge >= 0.3 is 5.97 Å². The van der Waals surface area contributed by atoms with E-state index in [9.17, 15) is 14.7 Å². The topological polar surface area (TPSA) is 66.8 Å². The van der Waals surface area contributed by atoms with Crippen molar-refractivity contribution >= 4 is 11.9 Å². The van der Waals surface area contributed by atoms with Crippen molar-refractivity contribution in [2.45, 2.75) is 38.9 Å². The molecule has 0 spiro atoms. The highest BCUT2D eigenvalue weighted by Crippen LogP contribution is 2.12. The van der Waals surface area contributed by atoms with Crippen molar-refractivity contribution in [1.29, 1.82) is 0 Å². The summed E-state index contributed by atoms with van der Waals surface area (Å²) in [6.07, 6.45) is -0.561. The molecular weight excluding hydrogens is 198 g/mol. The summed E-state index contributed by atoms with van der Waals surface area (Å²) in [5.74, 6) is -0.828. The molecule has 5 nitrogen and oxygen atoms in total. The van der Waals surface area contributed by atoms with Crippen molar-refractivity contribution < 1.29 is 19.4 Å². The monoisotopic (exact) mass is 215 g/mol. The lowest BCUT2D eigenvalue weighted by atomic mass is 10.2. The Labute approximate surface area is 89.0 Å². The Balaban J connectivity index is 2.43. The molecule has 0 aliphatic carbocycles. The van der Waals surface area contributed by atoms with Crippen molar-refractivity contribution in [2.75, 3.05) is 13.1 Å². The lowest BCUT2D eigenvalue weighted by Crippen LogP contribution is -2.37. The number of esters is 1. The van der Waals surface area contributed by atoms with Crippen LogP contribution in [0.25, 0.3) is 0 Å². The van der Waals surface area contributed by atoms with Gasteiger partial charge in [-0.25, -0.2) is 0 Å². The highest BCUT2D eigenvalue weighted by Gasteiger charge is 2.31. The first kappa shape index (κ1) is 12.0. The van der Waals surface area contributed by atoms with E-state index in [1.807, 2.05) is 0 Å². The summed E-state index contributed by atoms with van der Waals surface area (Å²) in [6.45, 7) is 5.65. The number of carbonyl (C=O) groups is 2. The minimum Gasteiger partial charge on any atom is -0.459 e. The van der Waals surface area contributed by atoms with Crippen LogP contribution in [-0.2, 0) is 14.3 Å². The van der Waals surface area contributed by atoms with E-state index in [1.54, 1.807) is 20.8 Å². The first-order chi connectivity index (χ1) is 6.79. The minimum atomic E-state index is -0.951. The zero-order chi connectivity index (χ0) is 11.6. The Kier molecular flexibility index (Phi) is 3.34. The molecule has 1 fully saturated rings. The maximum atomic E-state index is 11.4. The van der Waals surface area contributed by atoms with Crippen LogP contribution < -0.4 is 0 Å². The second kappa shape index (κ2) is 4.18. The SMILES string of the molecule is CC(C)(C)OC(=O)CN1CCC(O)C1=O. The predicted octanol–water partition coefficient (Wildman–Crippen LogP) is -0.0787. The molecule has 86 valence electrons. The molecule has 5 heteroatoms. The average Bonchev–Trinajstić information content (AvgIpc) is 2.32. The quantitative estimate of drug-likeness (QED) is 0.654. The normalized spacial score (nSPS) is 22.0. The Bertz CT molecular complexity index is 269. The van der Waals surface area contributed by atoms with E-state index in [-0.39, 0.29) is 12.5 Å². The van der Waals surface area contributed by atoms with Gasteiger partial charge in [-0.1, -0.05) is 0 Å². The molecule has 0 saturated carbocycles. The van der Waals surface area contributed by atoms with E-state index in [0.29, 0.717) is 13.0 Å². The number of aliphatic hydroxyl groups is 1. The molecule has 1 amide bonds. The second-order valence-corrected chi connectivity index (χ2v) is 4.65. The van der Waals surface area contributed by atoms with Gasteiger partial charge in [0.05, 0.1) is 0 Å². The van der Waals surface area contributed by atoms with Crippen LogP contribution in [0, 0.1) is 0 Å². The second-order valence-electron chi connectivity index (χ2n) is 4.65. The van der Waals surface area contributed by atoms with E-state index in [4.69, 9.17) is 4.74 Å². The highest BCUT2D eigenvalue weighted by atomic mass is 16.6. The van der Waals surface area contributed by atoms with Gasteiger partial charge in [-0.3, -0.25) is 9.59 Å². The summed E-state index contributed by atoms with van der Waals surface area (Å²) in [5, 5.41) is 9.17. The maximum absolute atomic E-state index is 11.4. The number of nitrogens with zero attached hydrogens (tertiary/aromatic N) is 1. The van der Waals surface area contributed by atoms with E-state index >= 15 is 0 Å². The molecule has 1 unspecified atom stereocenters. The van der Waals surface area contributed by atoms with Crippen molar-refractivity contribution in [3.63, 3.8) is 0 Å². The fourth-order valence-electron chi connectivity index (χ4n) is 1.41. The van der Waals surface area contributed by atoms with Gasteiger partial charge in [0.2, 0.25) is 0 Å². The molecule has 1 atom stereocenters. The van der Waals surface area contributed by atoms with Gasteiger partial charge in [-0.15, -0.1) is 0 Å². The van der Waals surface area contributed by atoms with Gasteiger partial charge in [0.25, 0.3) is 5.91 Å². The van der Waals surface area contributed by atoms with Gasteiger partial charge < -0.3 is 14.7 Å². The van der Waals surface area contributed by atoms with Crippen molar-refractivity contribution in [3.05, 3.63) is 0 Å². The fourth-order valence-corrected chi connectivity index (χ4v) is 1.41. The first-order valence-corrected chi connectivity index (χ1v) is 4.98. The van der Waals surface area contributed by atoms with Crippen LogP contribution in [0.5, 0.6) is 0 Å². The van der Waals surface area contributed by atoms with Crippen LogP contribution in [0.3, 0.4) is 0 Å². The zero-order valence-electron chi connectivity index (χ0n) is 9.32. The van der Waals surface area contributed by atoms with E-state index in [1.165, 1.54) is 4.90 Å². The van der Waals surface area contributed by atoms with Crippen molar-refractivity contribution in [2.24, 2.45) is 0 Å². The number of ether oxygens (including phenoxy) is 1. The van der Waals surface area contributed by atoms with E-state index < -0.39 is 17.7 Å². The molecule has 1 N–H and O–H groups in total. The molecule has 1 aliphatic heterocycles. The molecular formula is C10H17NO4. The summed E-state index contributed by atoms with van der Waals surface area (Å²) in [6, 6.07) is 0. The number of amides is 1. The van der Waals surface area contributed by atoms with E-state index in [0.717, 1.165) is 0 Å². The summed E-state index contributed by atoms with van der Waals surface area (Å²) >= 11 is 0. The Hall–Kier alpha value is -1.10. The third-order valence-corrected chi connectivity index (χ3v) is 2.01. The maximum Gasteiger partial charge on any atom is 0.326 e. The molecule has 1 saturated heterocycles. The smallest absolute Gasteiger partial charge is 0.326 e. The van der Waals surface area contributed by atoms with Gasteiger partial charge in [0.1, 0.15) is 18.2 Å². The van der Waals surface area contributed by atoms with Crippen LogP contribution in [0.4, 0.5) is 0 Å². The summed E-state index contributed by atoms with van der Waals surface area (Å²) in [7, 11) is 0. The summed E-state index contributed by atoms with van der Waals surface area (Å²) in [5.41, 5.74) is -0.543. The van der Waals surface area contributed by atoms with Crippen LogP contribution in [-0.4, -0.2) is 46.7 Å². The number of rotatable bonds is 2. The number of hydrogen-bond donors (Lipinski definition) is 1. The molecule has 0 bridgehead atoms. The van der Waals surface area contributed by atoms with Crippen molar-refractivity contribution in [3.8, 4) is 0 Å². The number of carbonyl (C=O) groups excluding carboxylic acids is 2. The Morgan fingerprint density at radius 2 is 2.20 bits per heavy atom. The standard InChI is InChI=1S/C10H17NO4/c1-10(2,3)15-8(13)6-11-5-4-7(12)9(11)14/h7,12H,4-6H2,1-3H3. The van der Waals surface area contributed by atoms with Gasteiger partial charge in [-0.2, -0.15) is 0 Å². The summed E-state index contributed by atoms with van der Waals surface area (Å²) in [4.78, 5) is 24.0. The number of likely N-dealkylation sites (tertiary alicyclic amines) is 1. The number of hydrogen-bond acceptors (Lipinski definition) is 4. The predicted molar refractivity (Wildman–Crippen MR) is 53.0 cm³/mol. The molecule has 1 heterocycles. The number of aliphatic hydroxyl groups excluding tert-OH is 1. The molecule has 1 rings (SSSR count). The third-order valence-electron chi connectivity index (χ3n) is 2.01. The molecule has 0 aromatic rings. The summed E-state index contributed by atoms with van der Waals surface area (Å²) < 4.78 is 5.07. The molecule has 0 radical (unpaired) electrons. The molecule has 1 aliphatic rings. The Morgan fingerprint density at radius 3 is 2.60 bits per heavy atom. The molecule has 0 aromatic heterocycles. The zero-order valence-corrected chi connectivity index (χ0v) is 9.32.